The molecule has 0 saturated heterocycles. The highest BCUT2D eigenvalue weighted by molar-refractivity contribution is 7.16. The van der Waals surface area contributed by atoms with E-state index >= 15 is 0 Å². The molecule has 0 fully saturated rings. The number of hydrogen-bond donors (Lipinski definition) is 0. The van der Waals surface area contributed by atoms with Crippen LogP contribution >= 0.6 is 11.3 Å². The van der Waals surface area contributed by atoms with Crippen molar-refractivity contribution in [2.75, 3.05) is 6.61 Å². The van der Waals surface area contributed by atoms with Crippen LogP contribution in [0, 0.1) is 6.92 Å². The first-order chi connectivity index (χ1) is 8.22. The Morgan fingerprint density at radius 2 is 2.12 bits per heavy atom. The topological polar surface area (TPSA) is 52.1 Å². The minimum atomic E-state index is -0.412. The van der Waals surface area contributed by atoms with Crippen LogP contribution in [0.4, 0.5) is 0 Å². The predicted molar refractivity (Wildman–Crippen MR) is 66.0 cm³/mol. The zero-order chi connectivity index (χ0) is 12.3. The molecule has 0 aliphatic carbocycles. The van der Waals surface area contributed by atoms with Crippen LogP contribution in [-0.4, -0.2) is 22.8 Å². The van der Waals surface area contributed by atoms with Crippen molar-refractivity contribution in [2.45, 2.75) is 13.8 Å². The van der Waals surface area contributed by atoms with Crippen molar-refractivity contribution in [3.05, 3.63) is 34.8 Å². The molecule has 1 aromatic carbocycles. The molecule has 0 N–H and O–H groups in total. The molecular formula is C12H12N2O2S. The van der Waals surface area contributed by atoms with Crippen LogP contribution in [0.3, 0.4) is 0 Å². The molecule has 0 aliphatic rings. The van der Waals surface area contributed by atoms with Gasteiger partial charge in [0.05, 0.1) is 6.61 Å². The molecule has 0 spiro atoms. The molecule has 0 atom stereocenters. The van der Waals surface area contributed by atoms with Gasteiger partial charge in [0.25, 0.3) is 0 Å². The van der Waals surface area contributed by atoms with Gasteiger partial charge in [0.15, 0.2) is 0 Å². The number of aromatic nitrogens is 2. The summed E-state index contributed by atoms with van der Waals surface area (Å²) in [7, 11) is 0. The summed E-state index contributed by atoms with van der Waals surface area (Å²) in [6, 6.07) is 7.87. The van der Waals surface area contributed by atoms with Crippen LogP contribution in [0.25, 0.3) is 10.6 Å². The van der Waals surface area contributed by atoms with Crippen molar-refractivity contribution in [3.8, 4) is 10.6 Å². The molecule has 5 heteroatoms. The molecule has 1 heterocycles. The zero-order valence-electron chi connectivity index (χ0n) is 9.64. The van der Waals surface area contributed by atoms with E-state index < -0.39 is 5.97 Å². The number of hydrogen-bond acceptors (Lipinski definition) is 5. The van der Waals surface area contributed by atoms with Crippen LogP contribution < -0.4 is 0 Å². The summed E-state index contributed by atoms with van der Waals surface area (Å²) in [5.41, 5.74) is 2.11. The first-order valence-corrected chi connectivity index (χ1v) is 6.10. The van der Waals surface area contributed by atoms with Crippen molar-refractivity contribution < 1.29 is 9.53 Å². The van der Waals surface area contributed by atoms with E-state index in [0.29, 0.717) is 11.6 Å². The number of carbonyl (C=O) groups is 1. The SMILES string of the molecule is CCOC(=O)c1nnc(-c2ccccc2C)s1. The van der Waals surface area contributed by atoms with E-state index in [2.05, 4.69) is 10.2 Å². The number of nitrogens with zero attached hydrogens (tertiary/aromatic N) is 2. The van der Waals surface area contributed by atoms with E-state index in [1.165, 1.54) is 11.3 Å². The van der Waals surface area contributed by atoms with Gasteiger partial charge in [0.2, 0.25) is 5.01 Å². The minimum absolute atomic E-state index is 0.296. The lowest BCUT2D eigenvalue weighted by molar-refractivity contribution is 0.0525. The molecule has 0 radical (unpaired) electrons. The van der Waals surface area contributed by atoms with Crippen LogP contribution in [0.1, 0.15) is 22.3 Å². The summed E-state index contributed by atoms with van der Waals surface area (Å²) in [4.78, 5) is 11.5. The lowest BCUT2D eigenvalue weighted by atomic mass is 10.1. The summed E-state index contributed by atoms with van der Waals surface area (Å²) in [6.07, 6.45) is 0. The smallest absolute Gasteiger partial charge is 0.369 e. The average Bonchev–Trinajstić information content (AvgIpc) is 2.79. The highest BCUT2D eigenvalue weighted by atomic mass is 32.1. The molecule has 0 unspecified atom stereocenters. The standard InChI is InChI=1S/C12H12N2O2S/c1-3-16-12(15)11-14-13-10(17-11)9-7-5-4-6-8(9)2/h4-7H,3H2,1-2H3. The Morgan fingerprint density at radius 1 is 1.35 bits per heavy atom. The Kier molecular flexibility index (Phi) is 3.49. The van der Waals surface area contributed by atoms with E-state index in [-0.39, 0.29) is 0 Å². The molecule has 0 amide bonds. The highest BCUT2D eigenvalue weighted by Gasteiger charge is 2.15. The van der Waals surface area contributed by atoms with Crippen molar-refractivity contribution >= 4 is 17.3 Å². The molecule has 0 aliphatic heterocycles. The number of esters is 1. The molecule has 0 bridgehead atoms. The lowest BCUT2D eigenvalue weighted by Crippen LogP contribution is -2.03. The number of carbonyl (C=O) groups excluding carboxylic acids is 1. The first kappa shape index (κ1) is 11.7. The Balaban J connectivity index is 2.30. The average molecular weight is 248 g/mol. The maximum atomic E-state index is 11.5. The second kappa shape index (κ2) is 5.05. The summed E-state index contributed by atoms with van der Waals surface area (Å²) in [5.74, 6) is -0.412. The summed E-state index contributed by atoms with van der Waals surface area (Å²) in [6.45, 7) is 4.11. The number of rotatable bonds is 3. The van der Waals surface area contributed by atoms with Gasteiger partial charge in [-0.2, -0.15) is 0 Å². The molecule has 0 saturated carbocycles. The summed E-state index contributed by atoms with van der Waals surface area (Å²) < 4.78 is 4.88. The molecule has 2 aromatic rings. The quantitative estimate of drug-likeness (QED) is 0.784. The van der Waals surface area contributed by atoms with E-state index in [1.807, 2.05) is 31.2 Å². The molecular weight excluding hydrogens is 236 g/mol. The van der Waals surface area contributed by atoms with E-state index in [0.717, 1.165) is 16.1 Å². The van der Waals surface area contributed by atoms with E-state index in [4.69, 9.17) is 4.74 Å². The summed E-state index contributed by atoms with van der Waals surface area (Å²) >= 11 is 1.25. The first-order valence-electron chi connectivity index (χ1n) is 5.29. The monoisotopic (exact) mass is 248 g/mol. The predicted octanol–water partition coefficient (Wildman–Crippen LogP) is 2.69. The van der Waals surface area contributed by atoms with Gasteiger partial charge in [0, 0.05) is 5.56 Å². The minimum Gasteiger partial charge on any atom is -0.461 e. The highest BCUT2D eigenvalue weighted by Crippen LogP contribution is 2.26. The summed E-state index contributed by atoms with van der Waals surface area (Å²) in [5, 5.41) is 8.90. The zero-order valence-corrected chi connectivity index (χ0v) is 10.5. The van der Waals surface area contributed by atoms with Gasteiger partial charge >= 0.3 is 5.97 Å². The van der Waals surface area contributed by atoms with Crippen LogP contribution in [0.15, 0.2) is 24.3 Å². The van der Waals surface area contributed by atoms with Gasteiger partial charge in [-0.25, -0.2) is 4.79 Å². The van der Waals surface area contributed by atoms with Crippen molar-refractivity contribution in [1.82, 2.24) is 10.2 Å². The molecule has 2 rings (SSSR count). The molecule has 88 valence electrons. The van der Waals surface area contributed by atoms with Crippen molar-refractivity contribution in [3.63, 3.8) is 0 Å². The van der Waals surface area contributed by atoms with Gasteiger partial charge in [0.1, 0.15) is 5.01 Å². The maximum Gasteiger partial charge on any atom is 0.369 e. The van der Waals surface area contributed by atoms with Crippen molar-refractivity contribution in [2.24, 2.45) is 0 Å². The molecule has 17 heavy (non-hydrogen) atoms. The van der Waals surface area contributed by atoms with Gasteiger partial charge in [-0.3, -0.25) is 0 Å². The fraction of sp³-hybridized carbons (Fsp3) is 0.250. The van der Waals surface area contributed by atoms with Crippen LogP contribution in [0.5, 0.6) is 0 Å². The number of ether oxygens (including phenoxy) is 1. The van der Waals surface area contributed by atoms with E-state index in [9.17, 15) is 4.79 Å². The van der Waals surface area contributed by atoms with Gasteiger partial charge in [-0.1, -0.05) is 35.6 Å². The van der Waals surface area contributed by atoms with E-state index in [1.54, 1.807) is 6.92 Å². The Morgan fingerprint density at radius 3 is 2.82 bits per heavy atom. The number of aryl methyl sites for hydroxylation is 1. The molecule has 1 aromatic heterocycles. The second-order valence-corrected chi connectivity index (χ2v) is 4.43. The number of benzene rings is 1. The third-order valence-electron chi connectivity index (χ3n) is 2.25. The lowest BCUT2D eigenvalue weighted by Gasteiger charge is -1.99. The Bertz CT molecular complexity index is 537. The fourth-order valence-corrected chi connectivity index (χ4v) is 2.25. The van der Waals surface area contributed by atoms with Gasteiger partial charge in [-0.15, -0.1) is 10.2 Å². The van der Waals surface area contributed by atoms with Crippen LogP contribution in [-0.2, 0) is 4.74 Å². The fourth-order valence-electron chi connectivity index (χ4n) is 1.42. The normalized spacial score (nSPS) is 10.2. The third kappa shape index (κ3) is 2.50. The van der Waals surface area contributed by atoms with Gasteiger partial charge < -0.3 is 4.74 Å². The van der Waals surface area contributed by atoms with Crippen molar-refractivity contribution in [1.29, 1.82) is 0 Å². The Labute approximate surface area is 103 Å². The van der Waals surface area contributed by atoms with Gasteiger partial charge in [-0.05, 0) is 19.4 Å². The second-order valence-electron chi connectivity index (χ2n) is 3.45. The Hall–Kier alpha value is -1.75. The largest absolute Gasteiger partial charge is 0.461 e. The third-order valence-corrected chi connectivity index (χ3v) is 3.19. The molecule has 4 nitrogen and oxygen atoms in total. The maximum absolute atomic E-state index is 11.5. The van der Waals surface area contributed by atoms with Crippen LogP contribution in [0.2, 0.25) is 0 Å².